The Bertz CT molecular complexity index is 495. The van der Waals surface area contributed by atoms with Crippen LogP contribution in [0.4, 0.5) is 0 Å². The quantitative estimate of drug-likeness (QED) is 0.935. The van der Waals surface area contributed by atoms with Gasteiger partial charge in [0.05, 0.1) is 6.61 Å². The number of thiophene rings is 1. The average Bonchev–Trinajstić information content (AvgIpc) is 3.10. The molecule has 5 heteroatoms. The van der Waals surface area contributed by atoms with Gasteiger partial charge in [0.2, 0.25) is 0 Å². The third kappa shape index (κ3) is 2.49. The molecule has 0 unspecified atom stereocenters. The number of aromatic nitrogens is 1. The zero-order valence-corrected chi connectivity index (χ0v) is 11.7. The molecule has 1 atom stereocenters. The van der Waals surface area contributed by atoms with Gasteiger partial charge in [-0.05, 0) is 30.8 Å². The van der Waals surface area contributed by atoms with Gasteiger partial charge >= 0.3 is 0 Å². The van der Waals surface area contributed by atoms with Crippen LogP contribution in [0.2, 0.25) is 0 Å². The molecule has 2 aromatic heterocycles. The lowest BCUT2D eigenvalue weighted by Gasteiger charge is -2.21. The van der Waals surface area contributed by atoms with Crippen LogP contribution in [-0.4, -0.2) is 34.2 Å². The van der Waals surface area contributed by atoms with Crippen LogP contribution in [-0.2, 0) is 6.54 Å². The molecule has 3 rings (SSSR count). The van der Waals surface area contributed by atoms with Crippen molar-refractivity contribution >= 4 is 22.7 Å². The van der Waals surface area contributed by atoms with E-state index < -0.39 is 0 Å². The number of likely N-dealkylation sites (tertiary alicyclic amines) is 1. The van der Waals surface area contributed by atoms with E-state index in [4.69, 9.17) is 0 Å². The van der Waals surface area contributed by atoms with Gasteiger partial charge in [0, 0.05) is 34.6 Å². The highest BCUT2D eigenvalue weighted by Gasteiger charge is 2.24. The number of nitrogens with zero attached hydrogens (tertiary/aromatic N) is 2. The van der Waals surface area contributed by atoms with Crippen molar-refractivity contribution in [3.8, 4) is 10.6 Å². The fourth-order valence-electron chi connectivity index (χ4n) is 2.41. The Morgan fingerprint density at radius 3 is 3.22 bits per heavy atom. The summed E-state index contributed by atoms with van der Waals surface area (Å²) in [5.41, 5.74) is 1.22. The molecule has 1 N–H and O–H groups in total. The van der Waals surface area contributed by atoms with Gasteiger partial charge in [-0.1, -0.05) is 0 Å². The number of thiazole rings is 1. The summed E-state index contributed by atoms with van der Waals surface area (Å²) in [4.78, 5) is 8.14. The number of rotatable bonds is 4. The number of hydrogen-bond donors (Lipinski definition) is 1. The lowest BCUT2D eigenvalue weighted by molar-refractivity contribution is 0.154. The molecule has 0 bridgehead atoms. The van der Waals surface area contributed by atoms with Crippen molar-refractivity contribution in [2.24, 2.45) is 0 Å². The molecule has 0 aliphatic carbocycles. The van der Waals surface area contributed by atoms with Gasteiger partial charge in [-0.2, -0.15) is 11.3 Å². The zero-order chi connectivity index (χ0) is 12.4. The Hall–Kier alpha value is -0.750. The van der Waals surface area contributed by atoms with Crippen LogP contribution < -0.4 is 0 Å². The Balaban J connectivity index is 1.70. The first-order valence-electron chi connectivity index (χ1n) is 6.19. The van der Waals surface area contributed by atoms with Gasteiger partial charge in [-0.25, -0.2) is 4.98 Å². The van der Waals surface area contributed by atoms with Crippen molar-refractivity contribution in [1.82, 2.24) is 9.88 Å². The Labute approximate surface area is 115 Å². The molecule has 0 amide bonds. The van der Waals surface area contributed by atoms with E-state index in [0.29, 0.717) is 6.04 Å². The molecule has 0 radical (unpaired) electrons. The van der Waals surface area contributed by atoms with E-state index in [2.05, 4.69) is 26.7 Å². The fourth-order valence-corrected chi connectivity index (χ4v) is 4.06. The number of aliphatic hydroxyl groups excluding tert-OH is 1. The molecular weight excluding hydrogens is 264 g/mol. The van der Waals surface area contributed by atoms with Gasteiger partial charge in [-0.3, -0.25) is 4.90 Å². The molecule has 1 aliphatic rings. The van der Waals surface area contributed by atoms with Crippen LogP contribution in [0.1, 0.15) is 17.7 Å². The van der Waals surface area contributed by atoms with Crippen LogP contribution in [0.25, 0.3) is 10.6 Å². The number of aliphatic hydroxyl groups is 1. The van der Waals surface area contributed by atoms with Crippen molar-refractivity contribution in [3.05, 3.63) is 27.9 Å². The summed E-state index contributed by atoms with van der Waals surface area (Å²) < 4.78 is 0. The van der Waals surface area contributed by atoms with Gasteiger partial charge in [-0.15, -0.1) is 11.3 Å². The van der Waals surface area contributed by atoms with Crippen LogP contribution in [0.15, 0.2) is 23.0 Å². The van der Waals surface area contributed by atoms with Crippen LogP contribution in [0.3, 0.4) is 0 Å². The predicted molar refractivity (Wildman–Crippen MR) is 75.9 cm³/mol. The van der Waals surface area contributed by atoms with Gasteiger partial charge < -0.3 is 5.11 Å². The topological polar surface area (TPSA) is 36.4 Å². The Kier molecular flexibility index (Phi) is 3.75. The molecule has 1 aliphatic heterocycles. The summed E-state index contributed by atoms with van der Waals surface area (Å²) in [5.74, 6) is 0. The van der Waals surface area contributed by atoms with Crippen LogP contribution >= 0.6 is 22.7 Å². The molecule has 3 heterocycles. The monoisotopic (exact) mass is 280 g/mol. The van der Waals surface area contributed by atoms with E-state index in [-0.39, 0.29) is 6.61 Å². The Morgan fingerprint density at radius 2 is 2.44 bits per heavy atom. The van der Waals surface area contributed by atoms with Crippen LogP contribution in [0.5, 0.6) is 0 Å². The average molecular weight is 280 g/mol. The van der Waals surface area contributed by atoms with Crippen molar-refractivity contribution in [2.45, 2.75) is 25.4 Å². The first-order valence-corrected chi connectivity index (χ1v) is 7.95. The van der Waals surface area contributed by atoms with Crippen molar-refractivity contribution < 1.29 is 5.11 Å². The maximum Gasteiger partial charge on any atom is 0.124 e. The molecule has 96 valence electrons. The summed E-state index contributed by atoms with van der Waals surface area (Å²) in [6.45, 7) is 2.29. The lowest BCUT2D eigenvalue weighted by Crippen LogP contribution is -2.31. The fraction of sp³-hybridized carbons (Fsp3) is 0.462. The Morgan fingerprint density at radius 1 is 1.50 bits per heavy atom. The molecule has 3 nitrogen and oxygen atoms in total. The summed E-state index contributed by atoms with van der Waals surface area (Å²) in [6, 6.07) is 2.45. The number of hydrogen-bond acceptors (Lipinski definition) is 5. The van der Waals surface area contributed by atoms with Gasteiger partial charge in [0.1, 0.15) is 5.01 Å². The zero-order valence-electron chi connectivity index (χ0n) is 10.1. The molecule has 0 spiro atoms. The highest BCUT2D eigenvalue weighted by molar-refractivity contribution is 7.15. The normalized spacial score (nSPS) is 20.6. The predicted octanol–water partition coefficient (Wildman–Crippen LogP) is 2.83. The minimum atomic E-state index is 0.274. The first-order chi connectivity index (χ1) is 8.86. The summed E-state index contributed by atoms with van der Waals surface area (Å²) in [7, 11) is 0. The van der Waals surface area contributed by atoms with E-state index in [0.717, 1.165) is 24.5 Å². The minimum absolute atomic E-state index is 0.274. The SMILES string of the molecule is OC[C@H]1CCCN1Cc1cnc(-c2ccsc2)s1. The maximum absolute atomic E-state index is 9.32. The summed E-state index contributed by atoms with van der Waals surface area (Å²) in [6.07, 6.45) is 4.29. The molecular formula is C13H16N2OS2. The van der Waals surface area contributed by atoms with Gasteiger partial charge in [0.15, 0.2) is 0 Å². The third-order valence-corrected chi connectivity index (χ3v) is 5.10. The molecule has 18 heavy (non-hydrogen) atoms. The molecule has 1 saturated heterocycles. The third-order valence-electron chi connectivity index (χ3n) is 3.39. The van der Waals surface area contributed by atoms with E-state index in [1.165, 1.54) is 16.9 Å². The van der Waals surface area contributed by atoms with Crippen molar-refractivity contribution in [3.63, 3.8) is 0 Å². The smallest absolute Gasteiger partial charge is 0.124 e. The van der Waals surface area contributed by atoms with Crippen LogP contribution in [0, 0.1) is 0 Å². The first kappa shape index (κ1) is 12.3. The molecule has 1 fully saturated rings. The second kappa shape index (κ2) is 5.48. The largest absolute Gasteiger partial charge is 0.395 e. The highest BCUT2D eigenvalue weighted by Crippen LogP contribution is 2.29. The molecule has 0 aromatic carbocycles. The maximum atomic E-state index is 9.32. The standard InChI is InChI=1S/C13H16N2OS2/c16-8-11-2-1-4-15(11)7-12-6-14-13(18-12)10-3-5-17-9-10/h3,5-6,9,11,16H,1-2,4,7-8H2/t11-/m1/s1. The van der Waals surface area contributed by atoms with E-state index >= 15 is 0 Å². The summed E-state index contributed by atoms with van der Waals surface area (Å²) >= 11 is 3.47. The van der Waals surface area contributed by atoms with E-state index in [1.807, 2.05) is 6.20 Å². The minimum Gasteiger partial charge on any atom is -0.395 e. The van der Waals surface area contributed by atoms with Crippen molar-refractivity contribution in [1.29, 1.82) is 0 Å². The molecule has 0 saturated carbocycles. The highest BCUT2D eigenvalue weighted by atomic mass is 32.1. The van der Waals surface area contributed by atoms with E-state index in [9.17, 15) is 5.11 Å². The van der Waals surface area contributed by atoms with Gasteiger partial charge in [0.25, 0.3) is 0 Å². The second-order valence-electron chi connectivity index (χ2n) is 4.59. The van der Waals surface area contributed by atoms with Crippen molar-refractivity contribution in [2.75, 3.05) is 13.2 Å². The lowest BCUT2D eigenvalue weighted by atomic mass is 10.2. The summed E-state index contributed by atoms with van der Waals surface area (Å²) in [5, 5.41) is 14.6. The second-order valence-corrected chi connectivity index (χ2v) is 6.49. The van der Waals surface area contributed by atoms with E-state index in [1.54, 1.807) is 22.7 Å². The molecule has 2 aromatic rings.